The minimum absolute atomic E-state index is 0.165. The SMILES string of the molecule is O=C(Cc1cccnc1)N1CCC(c2ncncc2-c2ccncc2)CC1. The van der Waals surface area contributed by atoms with E-state index in [9.17, 15) is 4.79 Å². The van der Waals surface area contributed by atoms with Gasteiger partial charge in [-0.2, -0.15) is 0 Å². The van der Waals surface area contributed by atoms with Crippen LogP contribution >= 0.6 is 0 Å². The first-order valence-electron chi connectivity index (χ1n) is 9.18. The molecule has 136 valence electrons. The van der Waals surface area contributed by atoms with Gasteiger partial charge in [0.2, 0.25) is 5.91 Å². The van der Waals surface area contributed by atoms with Crippen molar-refractivity contribution >= 4 is 5.91 Å². The van der Waals surface area contributed by atoms with E-state index in [2.05, 4.69) is 19.9 Å². The van der Waals surface area contributed by atoms with Crippen LogP contribution in [-0.2, 0) is 11.2 Å². The zero-order valence-electron chi connectivity index (χ0n) is 15.0. The third kappa shape index (κ3) is 4.00. The number of pyridine rings is 2. The second-order valence-electron chi connectivity index (χ2n) is 6.75. The first-order valence-corrected chi connectivity index (χ1v) is 9.18. The summed E-state index contributed by atoms with van der Waals surface area (Å²) >= 11 is 0. The highest BCUT2D eigenvalue weighted by Crippen LogP contribution is 2.33. The number of nitrogens with zero attached hydrogens (tertiary/aromatic N) is 5. The zero-order chi connectivity index (χ0) is 18.5. The summed E-state index contributed by atoms with van der Waals surface area (Å²) in [4.78, 5) is 31.5. The summed E-state index contributed by atoms with van der Waals surface area (Å²) in [7, 11) is 0. The highest BCUT2D eigenvalue weighted by molar-refractivity contribution is 5.78. The molecular weight excluding hydrogens is 338 g/mol. The van der Waals surface area contributed by atoms with Gasteiger partial charge in [-0.25, -0.2) is 9.97 Å². The van der Waals surface area contributed by atoms with Crippen molar-refractivity contribution in [2.24, 2.45) is 0 Å². The molecule has 0 unspecified atom stereocenters. The predicted octanol–water partition coefficient (Wildman–Crippen LogP) is 2.88. The lowest BCUT2D eigenvalue weighted by Gasteiger charge is -2.32. The van der Waals surface area contributed by atoms with Gasteiger partial charge >= 0.3 is 0 Å². The Morgan fingerprint density at radius 2 is 1.81 bits per heavy atom. The molecule has 1 aliphatic heterocycles. The van der Waals surface area contributed by atoms with Crippen LogP contribution in [0, 0.1) is 0 Å². The molecule has 0 N–H and O–H groups in total. The van der Waals surface area contributed by atoms with Crippen molar-refractivity contribution in [3.63, 3.8) is 0 Å². The van der Waals surface area contributed by atoms with Crippen molar-refractivity contribution in [3.8, 4) is 11.1 Å². The molecule has 0 aliphatic carbocycles. The Morgan fingerprint density at radius 3 is 2.56 bits per heavy atom. The number of hydrogen-bond acceptors (Lipinski definition) is 5. The summed E-state index contributed by atoms with van der Waals surface area (Å²) in [5.41, 5.74) is 4.16. The topological polar surface area (TPSA) is 71.9 Å². The largest absolute Gasteiger partial charge is 0.342 e. The Hall–Kier alpha value is -3.15. The predicted molar refractivity (Wildman–Crippen MR) is 102 cm³/mol. The van der Waals surface area contributed by atoms with Crippen molar-refractivity contribution in [2.45, 2.75) is 25.2 Å². The maximum atomic E-state index is 12.6. The van der Waals surface area contributed by atoms with Crippen molar-refractivity contribution in [2.75, 3.05) is 13.1 Å². The Labute approximate surface area is 158 Å². The van der Waals surface area contributed by atoms with Gasteiger partial charge in [-0.1, -0.05) is 6.07 Å². The minimum Gasteiger partial charge on any atom is -0.342 e. The monoisotopic (exact) mass is 359 g/mol. The smallest absolute Gasteiger partial charge is 0.227 e. The Kier molecular flexibility index (Phi) is 5.14. The van der Waals surface area contributed by atoms with Crippen LogP contribution in [0.2, 0.25) is 0 Å². The van der Waals surface area contributed by atoms with Gasteiger partial charge in [0.05, 0.1) is 12.1 Å². The molecule has 0 spiro atoms. The first-order chi connectivity index (χ1) is 13.3. The van der Waals surface area contributed by atoms with Gasteiger partial charge in [0.15, 0.2) is 0 Å². The van der Waals surface area contributed by atoms with Crippen molar-refractivity contribution in [1.29, 1.82) is 0 Å². The summed E-state index contributed by atoms with van der Waals surface area (Å²) in [5.74, 6) is 0.497. The summed E-state index contributed by atoms with van der Waals surface area (Å²) in [6.45, 7) is 1.51. The maximum Gasteiger partial charge on any atom is 0.227 e. The summed E-state index contributed by atoms with van der Waals surface area (Å²) in [6, 6.07) is 7.77. The van der Waals surface area contributed by atoms with Gasteiger partial charge in [-0.15, -0.1) is 0 Å². The van der Waals surface area contributed by atoms with Gasteiger partial charge in [0, 0.05) is 55.6 Å². The molecule has 6 nitrogen and oxygen atoms in total. The van der Waals surface area contributed by atoms with Crippen molar-refractivity contribution in [3.05, 3.63) is 72.8 Å². The lowest BCUT2D eigenvalue weighted by molar-refractivity contribution is -0.131. The molecule has 0 bridgehead atoms. The molecule has 3 aromatic heterocycles. The van der Waals surface area contributed by atoms with E-state index in [1.165, 1.54) is 0 Å². The number of amides is 1. The summed E-state index contributed by atoms with van der Waals surface area (Å²) in [6.07, 6.45) is 12.8. The fourth-order valence-corrected chi connectivity index (χ4v) is 3.61. The molecule has 27 heavy (non-hydrogen) atoms. The highest BCUT2D eigenvalue weighted by Gasteiger charge is 2.26. The number of carbonyl (C=O) groups excluding carboxylic acids is 1. The lowest BCUT2D eigenvalue weighted by Crippen LogP contribution is -2.39. The second kappa shape index (κ2) is 8.03. The fourth-order valence-electron chi connectivity index (χ4n) is 3.61. The molecular formula is C21H21N5O. The number of aromatic nitrogens is 4. The van der Waals surface area contributed by atoms with E-state index in [1.807, 2.05) is 35.4 Å². The lowest BCUT2D eigenvalue weighted by atomic mass is 9.89. The molecule has 0 radical (unpaired) electrons. The number of rotatable bonds is 4. The molecule has 1 saturated heterocycles. The normalized spacial score (nSPS) is 14.9. The van der Waals surface area contributed by atoms with Gasteiger partial charge in [0.25, 0.3) is 0 Å². The van der Waals surface area contributed by atoms with E-state index in [-0.39, 0.29) is 5.91 Å². The van der Waals surface area contributed by atoms with Crippen LogP contribution in [0.4, 0.5) is 0 Å². The van der Waals surface area contributed by atoms with Crippen LogP contribution in [0.25, 0.3) is 11.1 Å². The van der Waals surface area contributed by atoms with E-state index < -0.39 is 0 Å². The molecule has 0 saturated carbocycles. The van der Waals surface area contributed by atoms with E-state index in [4.69, 9.17) is 0 Å². The van der Waals surface area contributed by atoms with E-state index in [0.29, 0.717) is 12.3 Å². The van der Waals surface area contributed by atoms with Crippen LogP contribution in [0.5, 0.6) is 0 Å². The number of hydrogen-bond donors (Lipinski definition) is 0. The van der Waals surface area contributed by atoms with E-state index in [0.717, 1.165) is 48.3 Å². The van der Waals surface area contributed by atoms with Gasteiger partial charge < -0.3 is 4.90 Å². The van der Waals surface area contributed by atoms with Crippen LogP contribution in [0.1, 0.15) is 30.0 Å². The quantitative estimate of drug-likeness (QED) is 0.716. The van der Waals surface area contributed by atoms with E-state index >= 15 is 0 Å². The first kappa shape index (κ1) is 17.3. The number of likely N-dealkylation sites (tertiary alicyclic amines) is 1. The standard InChI is InChI=1S/C21H21N5O/c27-20(12-16-2-1-7-23-13-16)26-10-5-18(6-11-26)21-19(14-24-15-25-21)17-3-8-22-9-4-17/h1-4,7-9,13-15,18H,5-6,10-12H2. The fraction of sp³-hybridized carbons (Fsp3) is 0.286. The van der Waals surface area contributed by atoms with Gasteiger partial charge in [0.1, 0.15) is 6.33 Å². The molecule has 1 fully saturated rings. The molecule has 4 rings (SSSR count). The van der Waals surface area contributed by atoms with Crippen molar-refractivity contribution in [1.82, 2.24) is 24.8 Å². The van der Waals surface area contributed by atoms with E-state index in [1.54, 1.807) is 31.1 Å². The molecule has 0 aromatic carbocycles. The summed E-state index contributed by atoms with van der Waals surface area (Å²) in [5, 5.41) is 0. The summed E-state index contributed by atoms with van der Waals surface area (Å²) < 4.78 is 0. The Morgan fingerprint density at radius 1 is 1.00 bits per heavy atom. The van der Waals surface area contributed by atoms with Gasteiger partial charge in [-0.3, -0.25) is 14.8 Å². The molecule has 1 aliphatic rings. The van der Waals surface area contributed by atoms with Crippen LogP contribution in [0.15, 0.2) is 61.6 Å². The molecule has 4 heterocycles. The average Bonchev–Trinajstić information content (AvgIpc) is 2.75. The van der Waals surface area contributed by atoms with Crippen molar-refractivity contribution < 1.29 is 4.79 Å². The molecule has 3 aromatic rings. The molecule has 6 heteroatoms. The third-order valence-electron chi connectivity index (χ3n) is 5.05. The Balaban J connectivity index is 1.44. The molecule has 1 amide bonds. The maximum absolute atomic E-state index is 12.6. The molecule has 0 atom stereocenters. The third-order valence-corrected chi connectivity index (χ3v) is 5.05. The average molecular weight is 359 g/mol. The van der Waals surface area contributed by atoms with Crippen LogP contribution in [-0.4, -0.2) is 43.8 Å². The Bertz CT molecular complexity index is 893. The zero-order valence-corrected chi connectivity index (χ0v) is 15.0. The van der Waals surface area contributed by atoms with Crippen LogP contribution in [0.3, 0.4) is 0 Å². The number of piperidine rings is 1. The van der Waals surface area contributed by atoms with Crippen LogP contribution < -0.4 is 0 Å². The van der Waals surface area contributed by atoms with Gasteiger partial charge in [-0.05, 0) is 42.2 Å². The highest BCUT2D eigenvalue weighted by atomic mass is 16.2. The number of carbonyl (C=O) groups is 1. The minimum atomic E-state index is 0.165. The second-order valence-corrected chi connectivity index (χ2v) is 6.75.